The Kier molecular flexibility index (Phi) is 7.19. The lowest BCUT2D eigenvalue weighted by Crippen LogP contribution is -2.14. The molecule has 0 atom stereocenters. The highest BCUT2D eigenvalue weighted by molar-refractivity contribution is 8.00. The van der Waals surface area contributed by atoms with Crippen molar-refractivity contribution in [1.82, 2.24) is 0 Å². The van der Waals surface area contributed by atoms with Crippen molar-refractivity contribution in [3.63, 3.8) is 0 Å². The lowest BCUT2D eigenvalue weighted by Gasteiger charge is -2.08. The molecule has 0 aliphatic rings. The molecule has 0 radical (unpaired) electrons. The molecule has 3 aromatic carbocycles. The molecule has 0 aliphatic carbocycles. The number of carboxylic acid groups (broad SMARTS) is 1. The maximum atomic E-state index is 12.4. The van der Waals surface area contributed by atoms with Gasteiger partial charge in [-0.25, -0.2) is 4.79 Å². The average molecular weight is 451 g/mol. The van der Waals surface area contributed by atoms with Gasteiger partial charge in [-0.3, -0.25) is 19.7 Å². The van der Waals surface area contributed by atoms with E-state index < -0.39 is 16.8 Å². The fourth-order valence-electron chi connectivity index (χ4n) is 2.70. The predicted octanol–water partition coefficient (Wildman–Crippen LogP) is 4.28. The van der Waals surface area contributed by atoms with Gasteiger partial charge in [0.2, 0.25) is 5.91 Å². The maximum Gasteiger partial charge on any atom is 0.335 e. The first-order valence-electron chi connectivity index (χ1n) is 9.24. The molecule has 0 unspecified atom stereocenters. The average Bonchev–Trinajstić information content (AvgIpc) is 2.78. The second-order valence-corrected chi connectivity index (χ2v) is 7.56. The summed E-state index contributed by atoms with van der Waals surface area (Å²) in [6.07, 6.45) is 0. The fourth-order valence-corrected chi connectivity index (χ4v) is 3.46. The highest BCUT2D eigenvalue weighted by Gasteiger charge is 2.12. The monoisotopic (exact) mass is 451 g/mol. The molecule has 32 heavy (non-hydrogen) atoms. The minimum absolute atomic E-state index is 0.0690. The van der Waals surface area contributed by atoms with Crippen molar-refractivity contribution in [2.24, 2.45) is 0 Å². The number of thioether (sulfide) groups is 1. The van der Waals surface area contributed by atoms with E-state index in [2.05, 4.69) is 10.6 Å². The number of nitrogens with zero attached hydrogens (tertiary/aromatic N) is 1. The summed E-state index contributed by atoms with van der Waals surface area (Å²) < 4.78 is 0. The number of carboxylic acids is 1. The molecule has 0 fully saturated rings. The van der Waals surface area contributed by atoms with Gasteiger partial charge in [-0.1, -0.05) is 18.2 Å². The van der Waals surface area contributed by atoms with E-state index >= 15 is 0 Å². The van der Waals surface area contributed by atoms with E-state index in [1.54, 1.807) is 36.4 Å². The van der Waals surface area contributed by atoms with E-state index in [1.165, 1.54) is 48.2 Å². The number of nitro benzene ring substituents is 1. The van der Waals surface area contributed by atoms with Crippen LogP contribution in [0.15, 0.2) is 77.7 Å². The number of anilines is 2. The van der Waals surface area contributed by atoms with Crippen molar-refractivity contribution in [2.45, 2.75) is 4.90 Å². The van der Waals surface area contributed by atoms with E-state index in [0.717, 1.165) is 4.90 Å². The van der Waals surface area contributed by atoms with Gasteiger partial charge in [-0.2, -0.15) is 0 Å². The van der Waals surface area contributed by atoms with Crippen LogP contribution in [0.4, 0.5) is 17.1 Å². The number of hydrogen-bond donors (Lipinski definition) is 3. The number of hydrogen-bond acceptors (Lipinski definition) is 6. The predicted molar refractivity (Wildman–Crippen MR) is 120 cm³/mol. The van der Waals surface area contributed by atoms with Gasteiger partial charge in [0, 0.05) is 34.0 Å². The molecular weight excluding hydrogens is 434 g/mol. The summed E-state index contributed by atoms with van der Waals surface area (Å²) in [7, 11) is 0. The van der Waals surface area contributed by atoms with Gasteiger partial charge in [0.1, 0.15) is 0 Å². The Bertz CT molecular complexity index is 1200. The zero-order valence-electron chi connectivity index (χ0n) is 16.5. The highest BCUT2D eigenvalue weighted by Crippen LogP contribution is 2.23. The van der Waals surface area contributed by atoms with Crippen LogP contribution in [0.25, 0.3) is 0 Å². The highest BCUT2D eigenvalue weighted by atomic mass is 32.2. The normalized spacial score (nSPS) is 10.2. The third-order valence-electron chi connectivity index (χ3n) is 4.17. The van der Waals surface area contributed by atoms with E-state index in [1.807, 2.05) is 0 Å². The van der Waals surface area contributed by atoms with Gasteiger partial charge in [0.05, 0.1) is 16.2 Å². The first kappa shape index (κ1) is 22.5. The number of nitro groups is 1. The first-order valence-corrected chi connectivity index (χ1v) is 10.2. The molecule has 3 N–H and O–H groups in total. The molecule has 0 bridgehead atoms. The largest absolute Gasteiger partial charge is 0.478 e. The standard InChI is InChI=1S/C22H17N3O6S/c26-20(23-16-6-1-5-15(10-16)22(28)29)13-32-19-9-3-7-17(12-19)24-21(27)14-4-2-8-18(11-14)25(30)31/h1-12H,13H2,(H,23,26)(H,24,27)(H,28,29). The summed E-state index contributed by atoms with van der Waals surface area (Å²) in [5, 5.41) is 25.2. The van der Waals surface area contributed by atoms with Crippen molar-refractivity contribution >= 4 is 46.6 Å². The van der Waals surface area contributed by atoms with Gasteiger partial charge < -0.3 is 15.7 Å². The number of nitrogens with one attached hydrogen (secondary N) is 2. The molecular formula is C22H17N3O6S. The Hall–Kier alpha value is -4.18. The van der Waals surface area contributed by atoms with Crippen LogP contribution in [0.1, 0.15) is 20.7 Å². The molecule has 0 saturated heterocycles. The lowest BCUT2D eigenvalue weighted by atomic mass is 10.2. The third kappa shape index (κ3) is 6.16. The third-order valence-corrected chi connectivity index (χ3v) is 5.17. The summed E-state index contributed by atoms with van der Waals surface area (Å²) in [4.78, 5) is 46.6. The quantitative estimate of drug-likeness (QED) is 0.264. The summed E-state index contributed by atoms with van der Waals surface area (Å²) >= 11 is 1.23. The van der Waals surface area contributed by atoms with Gasteiger partial charge in [-0.05, 0) is 42.5 Å². The second kappa shape index (κ2) is 10.2. The van der Waals surface area contributed by atoms with Gasteiger partial charge in [0.25, 0.3) is 11.6 Å². The van der Waals surface area contributed by atoms with Crippen LogP contribution < -0.4 is 10.6 Å². The minimum atomic E-state index is -1.08. The van der Waals surface area contributed by atoms with E-state index in [-0.39, 0.29) is 28.5 Å². The van der Waals surface area contributed by atoms with Crippen molar-refractivity contribution < 1.29 is 24.4 Å². The van der Waals surface area contributed by atoms with Crippen LogP contribution in [-0.4, -0.2) is 33.6 Å². The number of carbonyl (C=O) groups excluding carboxylic acids is 2. The number of amides is 2. The molecule has 10 heteroatoms. The maximum absolute atomic E-state index is 12.4. The molecule has 0 spiro atoms. The molecule has 0 heterocycles. The molecule has 0 aliphatic heterocycles. The Morgan fingerprint density at radius 3 is 2.25 bits per heavy atom. The second-order valence-electron chi connectivity index (χ2n) is 6.51. The van der Waals surface area contributed by atoms with Crippen LogP contribution >= 0.6 is 11.8 Å². The fraction of sp³-hybridized carbons (Fsp3) is 0.0455. The van der Waals surface area contributed by atoms with Crippen LogP contribution in [0, 0.1) is 10.1 Å². The molecule has 2 amide bonds. The van der Waals surface area contributed by atoms with Crippen LogP contribution in [0.5, 0.6) is 0 Å². The number of carbonyl (C=O) groups is 3. The Balaban J connectivity index is 1.59. The van der Waals surface area contributed by atoms with Gasteiger partial charge in [0.15, 0.2) is 0 Å². The first-order chi connectivity index (χ1) is 15.3. The molecule has 3 aromatic rings. The summed E-state index contributed by atoms with van der Waals surface area (Å²) in [6.45, 7) is 0. The van der Waals surface area contributed by atoms with Crippen molar-refractivity contribution in [3.8, 4) is 0 Å². The molecule has 162 valence electrons. The molecule has 0 aromatic heterocycles. The van der Waals surface area contributed by atoms with E-state index in [9.17, 15) is 24.5 Å². The zero-order chi connectivity index (χ0) is 23.1. The van der Waals surface area contributed by atoms with Crippen LogP contribution in [0.2, 0.25) is 0 Å². The lowest BCUT2D eigenvalue weighted by molar-refractivity contribution is -0.384. The summed E-state index contributed by atoms with van der Waals surface area (Å²) in [6, 6.07) is 18.2. The number of benzene rings is 3. The smallest absolute Gasteiger partial charge is 0.335 e. The molecule has 0 saturated carbocycles. The summed E-state index contributed by atoms with van der Waals surface area (Å²) in [5.41, 5.74) is 0.902. The van der Waals surface area contributed by atoms with E-state index in [4.69, 9.17) is 5.11 Å². The van der Waals surface area contributed by atoms with Crippen molar-refractivity contribution in [1.29, 1.82) is 0 Å². The van der Waals surface area contributed by atoms with E-state index in [0.29, 0.717) is 11.4 Å². The van der Waals surface area contributed by atoms with Gasteiger partial charge >= 0.3 is 5.97 Å². The number of aromatic carboxylic acids is 1. The van der Waals surface area contributed by atoms with Crippen LogP contribution in [-0.2, 0) is 4.79 Å². The Morgan fingerprint density at radius 2 is 1.53 bits per heavy atom. The summed E-state index contributed by atoms with van der Waals surface area (Å²) in [5.74, 6) is -1.82. The van der Waals surface area contributed by atoms with Crippen molar-refractivity contribution in [3.05, 3.63) is 94.0 Å². The molecule has 9 nitrogen and oxygen atoms in total. The minimum Gasteiger partial charge on any atom is -0.478 e. The number of non-ortho nitro benzene ring substituents is 1. The van der Waals surface area contributed by atoms with Gasteiger partial charge in [-0.15, -0.1) is 11.8 Å². The Labute approximate surface area is 186 Å². The Morgan fingerprint density at radius 1 is 0.875 bits per heavy atom. The number of rotatable bonds is 8. The zero-order valence-corrected chi connectivity index (χ0v) is 17.3. The topological polar surface area (TPSA) is 139 Å². The molecule has 3 rings (SSSR count). The van der Waals surface area contributed by atoms with Crippen molar-refractivity contribution in [2.75, 3.05) is 16.4 Å². The SMILES string of the molecule is O=C(CSc1cccc(NC(=O)c2cccc([N+](=O)[O-])c2)c1)Nc1cccc(C(=O)O)c1. The van der Waals surface area contributed by atoms with Crippen LogP contribution in [0.3, 0.4) is 0 Å².